The summed E-state index contributed by atoms with van der Waals surface area (Å²) >= 11 is 0. The molecule has 0 radical (unpaired) electrons. The lowest BCUT2D eigenvalue weighted by Gasteiger charge is -2.06. The molecule has 0 heterocycles. The fourth-order valence-corrected chi connectivity index (χ4v) is 1.40. The summed E-state index contributed by atoms with van der Waals surface area (Å²) in [5.41, 5.74) is 7.56. The first-order valence-corrected chi connectivity index (χ1v) is 5.24. The monoisotopic (exact) mass is 230 g/mol. The van der Waals surface area contributed by atoms with Gasteiger partial charge in [-0.15, -0.1) is 0 Å². The number of nitrogen functional groups attached to an aromatic ring is 1. The van der Waals surface area contributed by atoms with E-state index in [1.165, 1.54) is 0 Å². The van der Waals surface area contributed by atoms with Crippen LogP contribution in [0.1, 0.15) is 19.4 Å². The van der Waals surface area contributed by atoms with Crippen LogP contribution < -0.4 is 5.73 Å². The molecule has 88 valence electrons. The minimum atomic E-state index is -0.602. The van der Waals surface area contributed by atoms with Crippen molar-refractivity contribution in [2.75, 3.05) is 12.3 Å². The van der Waals surface area contributed by atoms with E-state index in [2.05, 4.69) is 0 Å². The quantitative estimate of drug-likeness (QED) is 0.373. The van der Waals surface area contributed by atoms with Gasteiger partial charge in [0.05, 0.1) is 6.61 Å². The molecule has 17 heavy (non-hydrogen) atoms. The summed E-state index contributed by atoms with van der Waals surface area (Å²) in [6.45, 7) is 3.64. The molecule has 1 aromatic rings. The number of benzene rings is 1. The predicted octanol–water partition coefficient (Wildman–Crippen LogP) is 2.13. The average molecular weight is 230 g/mol. The van der Waals surface area contributed by atoms with Gasteiger partial charge < -0.3 is 10.5 Å². The Bertz CT molecular complexity index is 498. The van der Waals surface area contributed by atoms with Crippen molar-refractivity contribution in [1.82, 2.24) is 0 Å². The maximum absolute atomic E-state index is 11.5. The second-order valence-corrected chi connectivity index (χ2v) is 3.46. The van der Waals surface area contributed by atoms with Crippen molar-refractivity contribution in [3.05, 3.63) is 35.4 Å². The first kappa shape index (κ1) is 12.8. The molecule has 0 unspecified atom stereocenters. The van der Waals surface area contributed by atoms with E-state index < -0.39 is 5.97 Å². The van der Waals surface area contributed by atoms with Gasteiger partial charge in [-0.3, -0.25) is 0 Å². The maximum Gasteiger partial charge on any atom is 0.349 e. The van der Waals surface area contributed by atoms with Crippen LogP contribution in [0.2, 0.25) is 0 Å². The normalized spacial score (nSPS) is 11.4. The van der Waals surface area contributed by atoms with Crippen molar-refractivity contribution in [2.45, 2.75) is 13.8 Å². The molecule has 0 saturated carbocycles. The Balaban J connectivity index is 3.18. The average Bonchev–Trinajstić information content (AvgIpc) is 2.30. The number of hydrogen-bond donors (Lipinski definition) is 1. The zero-order chi connectivity index (χ0) is 12.8. The van der Waals surface area contributed by atoms with Crippen molar-refractivity contribution in [3.8, 4) is 6.07 Å². The lowest BCUT2D eigenvalue weighted by atomic mass is 10.0. The molecule has 0 atom stereocenters. The summed E-state index contributed by atoms with van der Waals surface area (Å²) in [5, 5.41) is 8.98. The molecule has 0 aliphatic heterocycles. The van der Waals surface area contributed by atoms with Crippen molar-refractivity contribution < 1.29 is 9.53 Å². The number of esters is 1. The van der Waals surface area contributed by atoms with Crippen molar-refractivity contribution in [3.63, 3.8) is 0 Å². The summed E-state index contributed by atoms with van der Waals surface area (Å²) < 4.78 is 4.82. The van der Waals surface area contributed by atoms with Crippen molar-refractivity contribution in [2.24, 2.45) is 0 Å². The Hall–Kier alpha value is -2.28. The minimum Gasteiger partial charge on any atom is -0.462 e. The summed E-state index contributed by atoms with van der Waals surface area (Å²) in [6, 6.07) is 8.89. The first-order chi connectivity index (χ1) is 8.10. The molecule has 0 bridgehead atoms. The third-order valence-corrected chi connectivity index (χ3v) is 2.29. The highest BCUT2D eigenvalue weighted by atomic mass is 16.5. The van der Waals surface area contributed by atoms with Crippen LogP contribution in [0.4, 0.5) is 5.69 Å². The number of anilines is 1. The fourth-order valence-electron chi connectivity index (χ4n) is 1.40. The minimum absolute atomic E-state index is 0.0115. The van der Waals surface area contributed by atoms with Gasteiger partial charge in [0, 0.05) is 5.69 Å². The van der Waals surface area contributed by atoms with Crippen LogP contribution in [-0.2, 0) is 9.53 Å². The largest absolute Gasteiger partial charge is 0.462 e. The SMILES string of the molecule is CCOC(=O)C(C#N)=C(C)c1cccc(N)c1. The Labute approximate surface area is 100 Å². The van der Waals surface area contributed by atoms with E-state index in [1.54, 1.807) is 38.1 Å². The molecule has 2 N–H and O–H groups in total. The van der Waals surface area contributed by atoms with Crippen molar-refractivity contribution >= 4 is 17.2 Å². The molecule has 0 aliphatic carbocycles. The molecule has 0 amide bonds. The molecule has 1 rings (SSSR count). The number of carbonyl (C=O) groups is 1. The van der Waals surface area contributed by atoms with Gasteiger partial charge in [0.25, 0.3) is 0 Å². The summed E-state index contributed by atoms with van der Waals surface area (Å²) in [7, 11) is 0. The van der Waals surface area contributed by atoms with Gasteiger partial charge in [-0.1, -0.05) is 12.1 Å². The third-order valence-electron chi connectivity index (χ3n) is 2.29. The molecule has 4 nitrogen and oxygen atoms in total. The smallest absolute Gasteiger partial charge is 0.349 e. The van der Waals surface area contributed by atoms with Crippen LogP contribution in [0.25, 0.3) is 5.57 Å². The lowest BCUT2D eigenvalue weighted by molar-refractivity contribution is -0.137. The highest BCUT2D eigenvalue weighted by Gasteiger charge is 2.14. The van der Waals surface area contributed by atoms with E-state index in [0.717, 1.165) is 5.56 Å². The predicted molar refractivity (Wildman–Crippen MR) is 65.7 cm³/mol. The Morgan fingerprint density at radius 1 is 1.53 bits per heavy atom. The number of nitrogens with two attached hydrogens (primary N) is 1. The third kappa shape index (κ3) is 3.08. The topological polar surface area (TPSA) is 76.1 Å². The van der Waals surface area contributed by atoms with Crippen molar-refractivity contribution in [1.29, 1.82) is 5.26 Å². The van der Waals surface area contributed by atoms with Crippen LogP contribution >= 0.6 is 0 Å². The lowest BCUT2D eigenvalue weighted by Crippen LogP contribution is -2.08. The molecule has 1 aromatic carbocycles. The number of ether oxygens (including phenoxy) is 1. The number of carbonyl (C=O) groups excluding carboxylic acids is 1. The Morgan fingerprint density at radius 2 is 2.24 bits per heavy atom. The van der Waals surface area contributed by atoms with E-state index >= 15 is 0 Å². The maximum atomic E-state index is 11.5. The standard InChI is InChI=1S/C13H14N2O2/c1-3-17-13(16)12(8-14)9(2)10-5-4-6-11(15)7-10/h4-7H,3,15H2,1-2H3. The fraction of sp³-hybridized carbons (Fsp3) is 0.231. The second-order valence-electron chi connectivity index (χ2n) is 3.46. The number of allylic oxidation sites excluding steroid dienone is 1. The number of nitriles is 1. The van der Waals surface area contributed by atoms with Crippen LogP contribution in [0.5, 0.6) is 0 Å². The molecule has 0 saturated heterocycles. The van der Waals surface area contributed by atoms with Gasteiger partial charge in [0.15, 0.2) is 0 Å². The summed E-state index contributed by atoms with van der Waals surface area (Å²) in [6.07, 6.45) is 0. The summed E-state index contributed by atoms with van der Waals surface area (Å²) in [4.78, 5) is 11.5. The number of nitrogens with zero attached hydrogens (tertiary/aromatic N) is 1. The molecule has 0 aromatic heterocycles. The molecular weight excluding hydrogens is 216 g/mol. The van der Waals surface area contributed by atoms with Gasteiger partial charge in [-0.25, -0.2) is 4.79 Å². The molecule has 0 fully saturated rings. The van der Waals surface area contributed by atoms with Crippen LogP contribution in [0.3, 0.4) is 0 Å². The number of rotatable bonds is 3. The number of hydrogen-bond acceptors (Lipinski definition) is 4. The Kier molecular flexibility index (Phi) is 4.29. The van der Waals surface area contributed by atoms with Gasteiger partial charge in [-0.05, 0) is 37.1 Å². The van der Waals surface area contributed by atoms with E-state index in [0.29, 0.717) is 11.3 Å². The Morgan fingerprint density at radius 3 is 2.76 bits per heavy atom. The van der Waals surface area contributed by atoms with Gasteiger partial charge in [0.2, 0.25) is 0 Å². The van der Waals surface area contributed by atoms with E-state index in [-0.39, 0.29) is 12.2 Å². The van der Waals surface area contributed by atoms with E-state index in [1.807, 2.05) is 6.07 Å². The zero-order valence-corrected chi connectivity index (χ0v) is 9.86. The highest BCUT2D eigenvalue weighted by Crippen LogP contribution is 2.20. The second kappa shape index (κ2) is 5.71. The first-order valence-electron chi connectivity index (χ1n) is 5.24. The van der Waals surface area contributed by atoms with E-state index in [9.17, 15) is 4.79 Å². The van der Waals surface area contributed by atoms with Crippen LogP contribution in [0, 0.1) is 11.3 Å². The van der Waals surface area contributed by atoms with Gasteiger partial charge in [-0.2, -0.15) is 5.26 Å². The molecule has 0 spiro atoms. The molecule has 4 heteroatoms. The summed E-state index contributed by atoms with van der Waals surface area (Å²) in [5.74, 6) is -0.602. The van der Waals surface area contributed by atoms with E-state index in [4.69, 9.17) is 15.7 Å². The molecule has 0 aliphatic rings. The highest BCUT2D eigenvalue weighted by molar-refractivity contribution is 6.01. The van der Waals surface area contributed by atoms with Crippen LogP contribution in [0.15, 0.2) is 29.8 Å². The van der Waals surface area contributed by atoms with Gasteiger partial charge >= 0.3 is 5.97 Å². The zero-order valence-electron chi connectivity index (χ0n) is 9.86. The van der Waals surface area contributed by atoms with Crippen LogP contribution in [-0.4, -0.2) is 12.6 Å². The molecular formula is C13H14N2O2. The van der Waals surface area contributed by atoms with Gasteiger partial charge in [0.1, 0.15) is 11.6 Å².